The summed E-state index contributed by atoms with van der Waals surface area (Å²) in [5.41, 5.74) is 1.38. The Kier molecular flexibility index (Phi) is 6.96. The van der Waals surface area contributed by atoms with Gasteiger partial charge in [-0.2, -0.15) is 5.10 Å². The number of likely N-dealkylation sites (tertiary alicyclic amines) is 1. The van der Waals surface area contributed by atoms with Gasteiger partial charge >= 0.3 is 0 Å². The third-order valence-corrected chi connectivity index (χ3v) is 6.99. The summed E-state index contributed by atoms with van der Waals surface area (Å²) in [5, 5.41) is 10.2. The molecule has 9 nitrogen and oxygen atoms in total. The van der Waals surface area contributed by atoms with E-state index in [1.807, 2.05) is 0 Å². The van der Waals surface area contributed by atoms with Crippen molar-refractivity contribution in [3.05, 3.63) is 58.4 Å². The summed E-state index contributed by atoms with van der Waals surface area (Å²) in [4.78, 5) is 31.7. The SMILES string of the molecule is COc1cc(-c2cc(C(=O)N3CCC(C(=O)N[C@@H]4CCOc5c(F)ccc(F)c54)CC3)[nH]n2)c(Cl)cn1. The molecule has 0 saturated carbocycles. The molecule has 0 radical (unpaired) electrons. The quantitative estimate of drug-likeness (QED) is 0.517. The number of pyridine rings is 1. The molecule has 0 bridgehead atoms. The van der Waals surface area contributed by atoms with Gasteiger partial charge in [0.05, 0.1) is 42.2 Å². The van der Waals surface area contributed by atoms with Gasteiger partial charge in [-0.1, -0.05) is 11.6 Å². The van der Waals surface area contributed by atoms with Crippen molar-refractivity contribution in [3.63, 3.8) is 0 Å². The summed E-state index contributed by atoms with van der Waals surface area (Å²) >= 11 is 6.23. The second-order valence-corrected chi connectivity index (χ2v) is 9.32. The van der Waals surface area contributed by atoms with Crippen molar-refractivity contribution >= 4 is 23.4 Å². The highest BCUT2D eigenvalue weighted by molar-refractivity contribution is 6.33. The number of halogens is 3. The Hall–Kier alpha value is -3.73. The molecule has 2 aromatic heterocycles. The van der Waals surface area contributed by atoms with Crippen LogP contribution >= 0.6 is 11.6 Å². The Labute approximate surface area is 216 Å². The van der Waals surface area contributed by atoms with E-state index < -0.39 is 17.7 Å². The summed E-state index contributed by atoms with van der Waals surface area (Å²) in [5.74, 6) is -1.91. The molecule has 3 aromatic rings. The molecule has 0 spiro atoms. The lowest BCUT2D eigenvalue weighted by atomic mass is 9.93. The zero-order chi connectivity index (χ0) is 26.1. The van der Waals surface area contributed by atoms with Gasteiger partial charge in [0.25, 0.3) is 5.91 Å². The number of benzene rings is 1. The number of carbonyl (C=O) groups excluding carboxylic acids is 2. The number of piperidine rings is 1. The van der Waals surface area contributed by atoms with Crippen LogP contribution in [-0.2, 0) is 4.79 Å². The Bertz CT molecular complexity index is 1340. The van der Waals surface area contributed by atoms with Gasteiger partial charge in [0.2, 0.25) is 11.8 Å². The van der Waals surface area contributed by atoms with E-state index in [2.05, 4.69) is 20.5 Å². The minimum absolute atomic E-state index is 0.0363. The molecule has 1 aromatic carbocycles. The molecule has 1 saturated heterocycles. The van der Waals surface area contributed by atoms with Crippen molar-refractivity contribution in [1.82, 2.24) is 25.4 Å². The predicted octanol–water partition coefficient (Wildman–Crippen LogP) is 3.90. The summed E-state index contributed by atoms with van der Waals surface area (Å²) in [6.07, 6.45) is 2.67. The van der Waals surface area contributed by atoms with Crippen LogP contribution in [0.4, 0.5) is 8.78 Å². The van der Waals surface area contributed by atoms with Gasteiger partial charge in [0, 0.05) is 37.1 Å². The van der Waals surface area contributed by atoms with Crippen molar-refractivity contribution in [2.45, 2.75) is 25.3 Å². The first-order chi connectivity index (χ1) is 17.9. The van der Waals surface area contributed by atoms with Gasteiger partial charge in [-0.25, -0.2) is 13.8 Å². The van der Waals surface area contributed by atoms with Crippen molar-refractivity contribution in [2.24, 2.45) is 5.92 Å². The van der Waals surface area contributed by atoms with Crippen LogP contribution in [0.15, 0.2) is 30.5 Å². The van der Waals surface area contributed by atoms with E-state index >= 15 is 0 Å². The van der Waals surface area contributed by atoms with Gasteiger partial charge in [-0.3, -0.25) is 14.7 Å². The van der Waals surface area contributed by atoms with E-state index in [-0.39, 0.29) is 35.7 Å². The highest BCUT2D eigenvalue weighted by atomic mass is 35.5. The first kappa shape index (κ1) is 24.9. The average Bonchev–Trinajstić information content (AvgIpc) is 3.41. The molecule has 0 unspecified atom stereocenters. The number of nitrogens with one attached hydrogen (secondary N) is 2. The molecule has 2 amide bonds. The number of rotatable bonds is 5. The van der Waals surface area contributed by atoms with Crippen molar-refractivity contribution in [2.75, 3.05) is 26.8 Å². The molecule has 37 heavy (non-hydrogen) atoms. The molecular weight excluding hydrogens is 508 g/mol. The van der Waals surface area contributed by atoms with Crippen molar-refractivity contribution in [3.8, 4) is 22.9 Å². The van der Waals surface area contributed by atoms with E-state index in [4.69, 9.17) is 21.1 Å². The number of fused-ring (bicyclic) bond motifs is 1. The van der Waals surface area contributed by atoms with Crippen LogP contribution in [0.3, 0.4) is 0 Å². The van der Waals surface area contributed by atoms with Crippen molar-refractivity contribution in [1.29, 1.82) is 0 Å². The first-order valence-electron chi connectivity index (χ1n) is 11.8. The Morgan fingerprint density at radius 1 is 1.19 bits per heavy atom. The zero-order valence-corrected chi connectivity index (χ0v) is 20.6. The van der Waals surface area contributed by atoms with Crippen LogP contribution in [0.25, 0.3) is 11.3 Å². The van der Waals surface area contributed by atoms with Crippen LogP contribution in [0.1, 0.15) is 41.4 Å². The molecular formula is C25H24ClF2N5O4. The highest BCUT2D eigenvalue weighted by Gasteiger charge is 2.33. The Morgan fingerprint density at radius 3 is 2.70 bits per heavy atom. The Balaban J connectivity index is 1.21. The number of H-pyrrole nitrogens is 1. The fraction of sp³-hybridized carbons (Fsp3) is 0.360. The van der Waals surface area contributed by atoms with Crippen LogP contribution in [0.5, 0.6) is 11.6 Å². The summed E-state index contributed by atoms with van der Waals surface area (Å²) in [6.45, 7) is 0.903. The molecule has 194 valence electrons. The normalized spacial score (nSPS) is 17.6. The molecule has 12 heteroatoms. The topological polar surface area (TPSA) is 109 Å². The van der Waals surface area contributed by atoms with E-state index in [0.29, 0.717) is 60.2 Å². The largest absolute Gasteiger partial charge is 0.490 e. The standard InChI is InChI=1S/C25H24ClF2N5O4/c1-36-21-10-14(15(26)12-29-21)19-11-20(32-31-19)25(35)33-7-4-13(5-8-33)24(34)30-18-6-9-37-23-17(28)3-2-16(27)22(18)23/h2-3,10-13,18H,4-9H2,1H3,(H,30,34)(H,31,32)/t18-/m1/s1. The number of aromatic nitrogens is 3. The number of methoxy groups -OCH3 is 1. The molecule has 4 heterocycles. The maximum Gasteiger partial charge on any atom is 0.271 e. The first-order valence-corrected chi connectivity index (χ1v) is 12.2. The number of amides is 2. The number of nitrogens with zero attached hydrogens (tertiary/aromatic N) is 3. The molecule has 0 aliphatic carbocycles. The summed E-state index contributed by atoms with van der Waals surface area (Å²) < 4.78 is 38.9. The van der Waals surface area contributed by atoms with E-state index in [9.17, 15) is 18.4 Å². The predicted molar refractivity (Wildman–Crippen MR) is 129 cm³/mol. The minimum atomic E-state index is -0.673. The second-order valence-electron chi connectivity index (χ2n) is 8.91. The van der Waals surface area contributed by atoms with Crippen LogP contribution < -0.4 is 14.8 Å². The molecule has 2 N–H and O–H groups in total. The van der Waals surface area contributed by atoms with Gasteiger partial charge in [0.15, 0.2) is 11.6 Å². The van der Waals surface area contributed by atoms with E-state index in [1.165, 1.54) is 13.3 Å². The molecule has 2 aliphatic heterocycles. The number of hydrogen-bond donors (Lipinski definition) is 2. The lowest BCUT2D eigenvalue weighted by Crippen LogP contribution is -2.44. The smallest absolute Gasteiger partial charge is 0.271 e. The summed E-state index contributed by atoms with van der Waals surface area (Å²) in [7, 11) is 1.49. The highest BCUT2D eigenvalue weighted by Crippen LogP contribution is 2.37. The molecule has 1 atom stereocenters. The second kappa shape index (κ2) is 10.3. The number of carbonyl (C=O) groups is 2. The van der Waals surface area contributed by atoms with Gasteiger partial charge in [-0.05, 0) is 31.0 Å². The van der Waals surface area contributed by atoms with Crippen LogP contribution in [-0.4, -0.2) is 58.7 Å². The van der Waals surface area contributed by atoms with Crippen LogP contribution in [0.2, 0.25) is 5.02 Å². The number of aromatic amines is 1. The average molecular weight is 532 g/mol. The Morgan fingerprint density at radius 2 is 1.95 bits per heavy atom. The number of hydrogen-bond acceptors (Lipinski definition) is 6. The minimum Gasteiger partial charge on any atom is -0.490 e. The monoisotopic (exact) mass is 531 g/mol. The maximum absolute atomic E-state index is 14.4. The van der Waals surface area contributed by atoms with Gasteiger partial charge < -0.3 is 19.7 Å². The third-order valence-electron chi connectivity index (χ3n) is 6.69. The number of ether oxygens (including phenoxy) is 2. The lowest BCUT2D eigenvalue weighted by Gasteiger charge is -2.33. The lowest BCUT2D eigenvalue weighted by molar-refractivity contribution is -0.127. The fourth-order valence-corrected chi connectivity index (χ4v) is 4.89. The zero-order valence-electron chi connectivity index (χ0n) is 19.9. The molecule has 2 aliphatic rings. The van der Waals surface area contributed by atoms with E-state index in [0.717, 1.165) is 12.1 Å². The van der Waals surface area contributed by atoms with E-state index in [1.54, 1.807) is 17.0 Å². The van der Waals surface area contributed by atoms with Crippen molar-refractivity contribution < 1.29 is 27.8 Å². The van der Waals surface area contributed by atoms with Crippen LogP contribution in [0, 0.1) is 17.6 Å². The summed E-state index contributed by atoms with van der Waals surface area (Å²) in [6, 6.07) is 4.61. The third kappa shape index (κ3) is 4.95. The molecule has 5 rings (SSSR count). The molecule has 1 fully saturated rings. The maximum atomic E-state index is 14.4. The fourth-order valence-electron chi connectivity index (χ4n) is 4.69. The van der Waals surface area contributed by atoms with Gasteiger partial charge in [-0.15, -0.1) is 0 Å². The van der Waals surface area contributed by atoms with Gasteiger partial charge in [0.1, 0.15) is 11.5 Å².